The smallest absolute Gasteiger partial charge is 0.0886 e. The monoisotopic (exact) mass is 204 g/mol. The van der Waals surface area contributed by atoms with Gasteiger partial charge in [-0.15, -0.1) is 0 Å². The van der Waals surface area contributed by atoms with E-state index < -0.39 is 0 Å². The van der Waals surface area contributed by atoms with Crippen molar-refractivity contribution < 1.29 is 21.7 Å². The summed E-state index contributed by atoms with van der Waals surface area (Å²) in [6.45, 7) is 0. The molecule has 0 aliphatic rings. The summed E-state index contributed by atoms with van der Waals surface area (Å²) in [7, 11) is 0. The van der Waals surface area contributed by atoms with Crippen molar-refractivity contribution in [2.75, 3.05) is 0 Å². The van der Waals surface area contributed by atoms with Crippen LogP contribution in [0, 0.1) is 0 Å². The molecule has 0 aliphatic heterocycles. The van der Waals surface area contributed by atoms with E-state index >= 15 is 0 Å². The van der Waals surface area contributed by atoms with Gasteiger partial charge >= 0.3 is 0 Å². The van der Waals surface area contributed by atoms with Crippen LogP contribution >= 0.6 is 0 Å². The van der Waals surface area contributed by atoms with Crippen molar-refractivity contribution in [3.05, 3.63) is 48.8 Å². The third-order valence-corrected chi connectivity index (χ3v) is 1.59. The van der Waals surface area contributed by atoms with Crippen molar-refractivity contribution in [3.8, 4) is 11.4 Å². The molecule has 0 saturated carbocycles. The van der Waals surface area contributed by atoms with Gasteiger partial charge in [0.15, 0.2) is 0 Å². The van der Waals surface area contributed by atoms with E-state index in [2.05, 4.69) is 9.97 Å². The summed E-state index contributed by atoms with van der Waals surface area (Å²) in [5.74, 6) is 0. The van der Waals surface area contributed by atoms with Crippen molar-refractivity contribution >= 4 is 0 Å². The first kappa shape index (κ1) is 10.1. The molecule has 3 heteroatoms. The second-order valence-electron chi connectivity index (χ2n) is 2.43. The van der Waals surface area contributed by atoms with Gasteiger partial charge in [-0.3, -0.25) is 9.97 Å². The number of nitrogens with zero attached hydrogens (tertiary/aromatic N) is 2. The van der Waals surface area contributed by atoms with Crippen LogP contribution in [0.3, 0.4) is 0 Å². The number of aromatic nitrogens is 2. The first-order valence-electron chi connectivity index (χ1n) is 3.79. The quantitative estimate of drug-likeness (QED) is 0.665. The van der Waals surface area contributed by atoms with Crippen molar-refractivity contribution in [1.29, 1.82) is 0 Å². The Hall–Kier alpha value is -0.986. The molecule has 0 aliphatic carbocycles. The van der Waals surface area contributed by atoms with Crippen LogP contribution in [0.15, 0.2) is 48.8 Å². The van der Waals surface area contributed by atoms with Crippen LogP contribution in [-0.2, 0) is 21.7 Å². The minimum absolute atomic E-state index is 0. The molecule has 0 saturated heterocycles. The first-order valence-corrected chi connectivity index (χ1v) is 3.79. The van der Waals surface area contributed by atoms with E-state index in [1.165, 1.54) is 0 Å². The van der Waals surface area contributed by atoms with Gasteiger partial charge in [-0.25, -0.2) is 0 Å². The maximum atomic E-state index is 4.19. The second-order valence-corrected chi connectivity index (χ2v) is 2.43. The predicted octanol–water partition coefficient (Wildman–Crippen LogP) is 2.14. The fourth-order valence-electron chi connectivity index (χ4n) is 1.03. The van der Waals surface area contributed by atoms with E-state index in [1.807, 2.05) is 36.4 Å². The Labute approximate surface area is 91.9 Å². The Morgan fingerprint density at radius 3 is 1.46 bits per heavy atom. The molecule has 13 heavy (non-hydrogen) atoms. The number of hydrogen-bond donors (Lipinski definition) is 0. The molecular formula is C10H8N2Ti. The molecule has 0 amide bonds. The Morgan fingerprint density at radius 2 is 1.15 bits per heavy atom. The van der Waals surface area contributed by atoms with Crippen molar-refractivity contribution in [3.63, 3.8) is 0 Å². The number of pyridine rings is 2. The molecule has 62 valence electrons. The Balaban J connectivity index is 0.000000845. The van der Waals surface area contributed by atoms with Crippen LogP contribution in [0.2, 0.25) is 0 Å². The fraction of sp³-hybridized carbons (Fsp3) is 0. The van der Waals surface area contributed by atoms with Gasteiger partial charge in [-0.2, -0.15) is 0 Å². The van der Waals surface area contributed by atoms with Crippen molar-refractivity contribution in [1.82, 2.24) is 9.97 Å². The van der Waals surface area contributed by atoms with E-state index in [9.17, 15) is 0 Å². The molecule has 0 N–H and O–H groups in total. The Kier molecular flexibility index (Phi) is 3.81. The normalized spacial score (nSPS) is 8.92. The average molecular weight is 204 g/mol. The minimum Gasteiger partial charge on any atom is -0.255 e. The molecule has 0 fully saturated rings. The number of rotatable bonds is 1. The van der Waals surface area contributed by atoms with Gasteiger partial charge in [0.2, 0.25) is 0 Å². The van der Waals surface area contributed by atoms with Gasteiger partial charge in [-0.05, 0) is 24.3 Å². The third kappa shape index (κ3) is 2.48. The summed E-state index contributed by atoms with van der Waals surface area (Å²) in [5.41, 5.74) is 1.83. The molecule has 2 nitrogen and oxygen atoms in total. The van der Waals surface area contributed by atoms with Crippen LogP contribution in [0.4, 0.5) is 0 Å². The minimum atomic E-state index is 0. The van der Waals surface area contributed by atoms with E-state index in [-0.39, 0.29) is 21.7 Å². The zero-order chi connectivity index (χ0) is 8.23. The van der Waals surface area contributed by atoms with E-state index in [1.54, 1.807) is 12.4 Å². The fourth-order valence-corrected chi connectivity index (χ4v) is 1.03. The number of hydrogen-bond acceptors (Lipinski definition) is 2. The molecule has 2 heterocycles. The molecule has 0 radical (unpaired) electrons. The van der Waals surface area contributed by atoms with Crippen molar-refractivity contribution in [2.45, 2.75) is 0 Å². The van der Waals surface area contributed by atoms with Gasteiger partial charge in [0, 0.05) is 34.1 Å². The summed E-state index contributed by atoms with van der Waals surface area (Å²) in [5, 5.41) is 0. The third-order valence-electron chi connectivity index (χ3n) is 1.59. The maximum absolute atomic E-state index is 4.19. The zero-order valence-corrected chi connectivity index (χ0v) is 8.57. The van der Waals surface area contributed by atoms with Crippen LogP contribution in [0.1, 0.15) is 0 Å². The Bertz CT molecular complexity index is 310. The van der Waals surface area contributed by atoms with Crippen LogP contribution < -0.4 is 0 Å². The molecule has 0 unspecified atom stereocenters. The molecule has 2 aromatic rings. The molecule has 0 aromatic carbocycles. The second kappa shape index (κ2) is 4.90. The van der Waals surface area contributed by atoms with Crippen molar-refractivity contribution in [2.24, 2.45) is 0 Å². The molecular weight excluding hydrogens is 196 g/mol. The Morgan fingerprint density at radius 1 is 0.692 bits per heavy atom. The summed E-state index contributed by atoms with van der Waals surface area (Å²) in [4.78, 5) is 8.37. The average Bonchev–Trinajstić information content (AvgIpc) is 2.21. The SMILES string of the molecule is [Ti].c1ccc(-c2ccccn2)nc1. The summed E-state index contributed by atoms with van der Waals surface area (Å²) >= 11 is 0. The van der Waals surface area contributed by atoms with E-state index in [0.717, 1.165) is 11.4 Å². The molecule has 0 atom stereocenters. The predicted molar refractivity (Wildman–Crippen MR) is 47.5 cm³/mol. The molecule has 0 spiro atoms. The van der Waals surface area contributed by atoms with Gasteiger partial charge in [-0.1, -0.05) is 12.1 Å². The van der Waals surface area contributed by atoms with Gasteiger partial charge in [0.25, 0.3) is 0 Å². The maximum Gasteiger partial charge on any atom is 0.0886 e. The van der Waals surface area contributed by atoms with Gasteiger partial charge in [0.1, 0.15) is 0 Å². The van der Waals surface area contributed by atoms with Gasteiger partial charge in [0.05, 0.1) is 11.4 Å². The topological polar surface area (TPSA) is 25.8 Å². The largest absolute Gasteiger partial charge is 0.255 e. The van der Waals surface area contributed by atoms with Crippen LogP contribution in [-0.4, -0.2) is 9.97 Å². The molecule has 0 bridgehead atoms. The standard InChI is InChI=1S/C10H8N2.Ti/c1-3-7-11-9(5-1)10-6-2-4-8-12-10;/h1-8H;. The van der Waals surface area contributed by atoms with E-state index in [0.29, 0.717) is 0 Å². The molecule has 2 rings (SSSR count). The molecule has 2 aromatic heterocycles. The van der Waals surface area contributed by atoms with E-state index in [4.69, 9.17) is 0 Å². The van der Waals surface area contributed by atoms with Gasteiger partial charge < -0.3 is 0 Å². The van der Waals surface area contributed by atoms with Crippen LogP contribution in [0.25, 0.3) is 11.4 Å². The zero-order valence-electron chi connectivity index (χ0n) is 7.01. The summed E-state index contributed by atoms with van der Waals surface area (Å²) in [6, 6.07) is 11.6. The first-order chi connectivity index (χ1) is 5.97. The summed E-state index contributed by atoms with van der Waals surface area (Å²) in [6.07, 6.45) is 3.54. The summed E-state index contributed by atoms with van der Waals surface area (Å²) < 4.78 is 0. The van der Waals surface area contributed by atoms with Crippen LogP contribution in [0.5, 0.6) is 0 Å².